The molecule has 0 aromatic heterocycles. The summed E-state index contributed by atoms with van der Waals surface area (Å²) in [5.74, 6) is 0.394. The summed E-state index contributed by atoms with van der Waals surface area (Å²) in [5, 5.41) is 7.39. The molecule has 0 radical (unpaired) electrons. The maximum absolute atomic E-state index is 11.4. The summed E-state index contributed by atoms with van der Waals surface area (Å²) >= 11 is 0. The standard InChI is InChI=1S/C13H21N3O2S/c1-3-19(17,18)8-7-16(2)10-11-5-4-6-12(9-11)13(14)15/h4-6,9H,3,7-8,10H2,1-2H3,(H3,14,15). The van der Waals surface area contributed by atoms with E-state index >= 15 is 0 Å². The SMILES string of the molecule is CCS(=O)(=O)CCN(C)Cc1cccc(C(=N)N)c1. The van der Waals surface area contributed by atoms with Crippen LogP contribution in [0.1, 0.15) is 18.1 Å². The normalized spacial score (nSPS) is 11.7. The second-order valence-electron chi connectivity index (χ2n) is 4.59. The van der Waals surface area contributed by atoms with E-state index in [-0.39, 0.29) is 17.3 Å². The van der Waals surface area contributed by atoms with E-state index in [1.807, 2.05) is 30.1 Å². The van der Waals surface area contributed by atoms with Crippen LogP contribution in [0.25, 0.3) is 0 Å². The Kier molecular flexibility index (Phi) is 5.50. The third-order valence-corrected chi connectivity index (χ3v) is 4.60. The van der Waals surface area contributed by atoms with Crippen LogP contribution in [0.2, 0.25) is 0 Å². The van der Waals surface area contributed by atoms with Gasteiger partial charge in [0, 0.05) is 24.4 Å². The first-order valence-electron chi connectivity index (χ1n) is 6.16. The smallest absolute Gasteiger partial charge is 0.151 e. The fourth-order valence-electron chi connectivity index (χ4n) is 1.67. The zero-order chi connectivity index (χ0) is 14.5. The van der Waals surface area contributed by atoms with Crippen molar-refractivity contribution in [3.05, 3.63) is 35.4 Å². The second kappa shape index (κ2) is 6.68. The Morgan fingerprint density at radius 2 is 2.11 bits per heavy atom. The third-order valence-electron chi connectivity index (χ3n) is 2.91. The Balaban J connectivity index is 2.60. The van der Waals surface area contributed by atoms with Gasteiger partial charge in [0.15, 0.2) is 9.84 Å². The number of rotatable bonds is 7. The summed E-state index contributed by atoms with van der Waals surface area (Å²) < 4.78 is 22.9. The van der Waals surface area contributed by atoms with E-state index in [0.717, 1.165) is 5.56 Å². The predicted octanol–water partition coefficient (Wildman–Crippen LogP) is 0.837. The van der Waals surface area contributed by atoms with Crippen LogP contribution in [0.5, 0.6) is 0 Å². The van der Waals surface area contributed by atoms with E-state index in [1.54, 1.807) is 13.0 Å². The lowest BCUT2D eigenvalue weighted by molar-refractivity contribution is 0.346. The zero-order valence-corrected chi connectivity index (χ0v) is 12.2. The monoisotopic (exact) mass is 283 g/mol. The topological polar surface area (TPSA) is 87.2 Å². The van der Waals surface area contributed by atoms with Crippen LogP contribution in [0.4, 0.5) is 0 Å². The molecule has 0 spiro atoms. The number of nitrogens with one attached hydrogen (secondary N) is 1. The van der Waals surface area contributed by atoms with Crippen LogP contribution in [-0.4, -0.2) is 44.3 Å². The van der Waals surface area contributed by atoms with Crippen molar-refractivity contribution < 1.29 is 8.42 Å². The highest BCUT2D eigenvalue weighted by molar-refractivity contribution is 7.91. The van der Waals surface area contributed by atoms with Crippen LogP contribution in [0.3, 0.4) is 0 Å². The number of nitrogens with zero attached hydrogens (tertiary/aromatic N) is 1. The number of nitrogens with two attached hydrogens (primary N) is 1. The molecular formula is C13H21N3O2S. The molecule has 0 heterocycles. The second-order valence-corrected chi connectivity index (χ2v) is 7.06. The average Bonchev–Trinajstić information content (AvgIpc) is 2.37. The lowest BCUT2D eigenvalue weighted by atomic mass is 10.1. The van der Waals surface area contributed by atoms with Gasteiger partial charge in [0.2, 0.25) is 0 Å². The van der Waals surface area contributed by atoms with Crippen LogP contribution in [0.15, 0.2) is 24.3 Å². The Morgan fingerprint density at radius 3 is 2.68 bits per heavy atom. The van der Waals surface area contributed by atoms with E-state index in [0.29, 0.717) is 18.7 Å². The van der Waals surface area contributed by atoms with E-state index in [9.17, 15) is 8.42 Å². The molecule has 3 N–H and O–H groups in total. The van der Waals surface area contributed by atoms with Crippen LogP contribution in [0, 0.1) is 5.41 Å². The summed E-state index contributed by atoms with van der Waals surface area (Å²) in [4.78, 5) is 1.95. The Bertz CT molecular complexity index is 541. The van der Waals surface area contributed by atoms with Gasteiger partial charge in [-0.15, -0.1) is 0 Å². The van der Waals surface area contributed by atoms with Crippen molar-refractivity contribution in [3.63, 3.8) is 0 Å². The molecule has 0 bridgehead atoms. The minimum atomic E-state index is -2.92. The number of amidine groups is 1. The number of hydrogen-bond acceptors (Lipinski definition) is 4. The molecule has 19 heavy (non-hydrogen) atoms. The van der Waals surface area contributed by atoms with E-state index < -0.39 is 9.84 Å². The summed E-state index contributed by atoms with van der Waals surface area (Å²) in [6.45, 7) is 2.80. The summed E-state index contributed by atoms with van der Waals surface area (Å²) in [7, 11) is -1.04. The van der Waals surface area contributed by atoms with Crippen LogP contribution < -0.4 is 5.73 Å². The third kappa shape index (κ3) is 5.40. The molecule has 0 saturated carbocycles. The number of nitrogen functional groups attached to an aromatic ring is 1. The number of benzene rings is 1. The molecule has 0 saturated heterocycles. The molecular weight excluding hydrogens is 262 g/mol. The lowest BCUT2D eigenvalue weighted by Crippen LogP contribution is -2.26. The van der Waals surface area contributed by atoms with Gasteiger partial charge in [-0.3, -0.25) is 5.41 Å². The summed E-state index contributed by atoms with van der Waals surface area (Å²) in [6.07, 6.45) is 0. The van der Waals surface area contributed by atoms with Crippen molar-refractivity contribution in [1.29, 1.82) is 5.41 Å². The Hall–Kier alpha value is -1.40. The van der Waals surface area contributed by atoms with Crippen molar-refractivity contribution in [2.24, 2.45) is 5.73 Å². The number of hydrogen-bond donors (Lipinski definition) is 2. The molecule has 0 aliphatic rings. The van der Waals surface area contributed by atoms with Gasteiger partial charge in [0.25, 0.3) is 0 Å². The first kappa shape index (κ1) is 15.7. The summed E-state index contributed by atoms with van der Waals surface area (Å²) in [6, 6.07) is 7.43. The molecule has 5 nitrogen and oxygen atoms in total. The predicted molar refractivity (Wildman–Crippen MR) is 78.1 cm³/mol. The molecule has 0 aliphatic heterocycles. The number of sulfone groups is 1. The van der Waals surface area contributed by atoms with Crippen LogP contribution >= 0.6 is 0 Å². The molecule has 0 amide bonds. The lowest BCUT2D eigenvalue weighted by Gasteiger charge is -2.16. The molecule has 1 aromatic rings. The van der Waals surface area contributed by atoms with E-state index in [2.05, 4.69) is 0 Å². The van der Waals surface area contributed by atoms with Crippen molar-refractivity contribution >= 4 is 15.7 Å². The van der Waals surface area contributed by atoms with E-state index in [4.69, 9.17) is 11.1 Å². The van der Waals surface area contributed by atoms with Gasteiger partial charge < -0.3 is 10.6 Å². The van der Waals surface area contributed by atoms with Gasteiger partial charge in [-0.2, -0.15) is 0 Å². The highest BCUT2D eigenvalue weighted by Crippen LogP contribution is 2.07. The van der Waals surface area contributed by atoms with Crippen molar-refractivity contribution in [2.75, 3.05) is 25.1 Å². The first-order chi connectivity index (χ1) is 8.84. The largest absolute Gasteiger partial charge is 0.384 e. The van der Waals surface area contributed by atoms with Gasteiger partial charge >= 0.3 is 0 Å². The zero-order valence-electron chi connectivity index (χ0n) is 11.4. The molecule has 106 valence electrons. The molecule has 1 rings (SSSR count). The van der Waals surface area contributed by atoms with Gasteiger partial charge in [-0.1, -0.05) is 25.1 Å². The minimum Gasteiger partial charge on any atom is -0.384 e. The molecule has 0 unspecified atom stereocenters. The molecule has 6 heteroatoms. The first-order valence-corrected chi connectivity index (χ1v) is 7.98. The molecule has 0 aliphatic carbocycles. The van der Waals surface area contributed by atoms with Gasteiger partial charge in [-0.05, 0) is 18.7 Å². The summed E-state index contributed by atoms with van der Waals surface area (Å²) in [5.41, 5.74) is 7.14. The Morgan fingerprint density at radius 1 is 1.42 bits per heavy atom. The Labute approximate surface area is 114 Å². The van der Waals surface area contributed by atoms with Crippen molar-refractivity contribution in [3.8, 4) is 0 Å². The molecule has 1 aromatic carbocycles. The fraction of sp³-hybridized carbons (Fsp3) is 0.462. The van der Waals surface area contributed by atoms with Crippen molar-refractivity contribution in [1.82, 2.24) is 4.90 Å². The maximum atomic E-state index is 11.4. The quantitative estimate of drug-likeness (QED) is 0.573. The van der Waals surface area contributed by atoms with Gasteiger partial charge in [-0.25, -0.2) is 8.42 Å². The van der Waals surface area contributed by atoms with Gasteiger partial charge in [0.05, 0.1) is 5.75 Å². The fourth-order valence-corrected chi connectivity index (χ4v) is 2.55. The highest BCUT2D eigenvalue weighted by atomic mass is 32.2. The minimum absolute atomic E-state index is 0.0399. The van der Waals surface area contributed by atoms with E-state index in [1.165, 1.54) is 0 Å². The van der Waals surface area contributed by atoms with Gasteiger partial charge in [0.1, 0.15) is 5.84 Å². The average molecular weight is 283 g/mol. The van der Waals surface area contributed by atoms with Crippen molar-refractivity contribution in [2.45, 2.75) is 13.5 Å². The molecule has 0 fully saturated rings. The highest BCUT2D eigenvalue weighted by Gasteiger charge is 2.09. The molecule has 0 atom stereocenters. The van der Waals surface area contributed by atoms with Crippen LogP contribution in [-0.2, 0) is 16.4 Å². The maximum Gasteiger partial charge on any atom is 0.151 e.